The lowest BCUT2D eigenvalue weighted by molar-refractivity contribution is -0.113. The van der Waals surface area contributed by atoms with Gasteiger partial charge in [0.2, 0.25) is 0 Å². The average Bonchev–Trinajstić information content (AvgIpc) is 3.03. The van der Waals surface area contributed by atoms with Crippen molar-refractivity contribution in [2.75, 3.05) is 4.90 Å². The first kappa shape index (κ1) is 21.3. The molecule has 1 aliphatic rings. The van der Waals surface area contributed by atoms with E-state index < -0.39 is 10.1 Å². The minimum absolute atomic E-state index is 0.0823. The number of hydrogen-bond acceptors (Lipinski definition) is 6. The molecule has 0 aliphatic carbocycles. The zero-order valence-corrected chi connectivity index (χ0v) is 18.8. The molecule has 0 spiro atoms. The highest BCUT2D eigenvalue weighted by Gasteiger charge is 2.33. The van der Waals surface area contributed by atoms with E-state index in [4.69, 9.17) is 16.4 Å². The standard InChI is InChI=1S/C23H17NO4S3/c1-16-7-11-18(12-8-16)24-22(25)21(30-23(24)29)15-17-9-13-19(14-10-17)28-31(26,27)20-5-3-2-4-6-20/h2-15H,1H3. The van der Waals surface area contributed by atoms with E-state index in [1.807, 2.05) is 31.2 Å². The summed E-state index contributed by atoms with van der Waals surface area (Å²) < 4.78 is 30.3. The smallest absolute Gasteiger partial charge is 0.339 e. The quantitative estimate of drug-likeness (QED) is 0.293. The van der Waals surface area contributed by atoms with Gasteiger partial charge in [-0.1, -0.05) is 72.0 Å². The number of anilines is 1. The van der Waals surface area contributed by atoms with Crippen LogP contribution in [0.15, 0.2) is 88.7 Å². The van der Waals surface area contributed by atoms with Gasteiger partial charge < -0.3 is 4.18 Å². The summed E-state index contributed by atoms with van der Waals surface area (Å²) in [6.45, 7) is 1.98. The Labute approximate surface area is 190 Å². The summed E-state index contributed by atoms with van der Waals surface area (Å²) >= 11 is 6.62. The van der Waals surface area contributed by atoms with Crippen LogP contribution in [-0.2, 0) is 14.9 Å². The van der Waals surface area contributed by atoms with Gasteiger partial charge in [-0.25, -0.2) is 0 Å². The Morgan fingerprint density at radius 2 is 1.58 bits per heavy atom. The third kappa shape index (κ3) is 4.71. The first-order chi connectivity index (χ1) is 14.8. The van der Waals surface area contributed by atoms with Gasteiger partial charge in [-0.05, 0) is 55.0 Å². The molecule has 5 nitrogen and oxygen atoms in total. The van der Waals surface area contributed by atoms with Gasteiger partial charge in [-0.2, -0.15) is 8.42 Å². The predicted molar refractivity (Wildman–Crippen MR) is 128 cm³/mol. The van der Waals surface area contributed by atoms with Crippen molar-refractivity contribution >= 4 is 56.1 Å². The van der Waals surface area contributed by atoms with Gasteiger partial charge in [-0.3, -0.25) is 9.69 Å². The highest BCUT2D eigenvalue weighted by Crippen LogP contribution is 2.36. The van der Waals surface area contributed by atoms with Crippen LogP contribution in [0.1, 0.15) is 11.1 Å². The van der Waals surface area contributed by atoms with Gasteiger partial charge in [0.15, 0.2) is 4.32 Å². The van der Waals surface area contributed by atoms with Crippen LogP contribution in [0.2, 0.25) is 0 Å². The molecule has 1 amide bonds. The SMILES string of the molecule is Cc1ccc(N2C(=O)C(=Cc3ccc(OS(=O)(=O)c4ccccc4)cc3)SC2=S)cc1. The molecule has 1 saturated heterocycles. The Kier molecular flexibility index (Phi) is 5.95. The normalized spacial score (nSPS) is 15.5. The number of thiocarbonyl (C=S) groups is 1. The molecule has 0 aromatic heterocycles. The third-order valence-electron chi connectivity index (χ3n) is 4.50. The molecule has 0 N–H and O–H groups in total. The highest BCUT2D eigenvalue weighted by atomic mass is 32.2. The molecular weight excluding hydrogens is 450 g/mol. The molecule has 3 aromatic rings. The molecule has 0 bridgehead atoms. The number of nitrogens with zero attached hydrogens (tertiary/aromatic N) is 1. The fraction of sp³-hybridized carbons (Fsp3) is 0.0435. The number of hydrogen-bond donors (Lipinski definition) is 0. The summed E-state index contributed by atoms with van der Waals surface area (Å²) in [4.78, 5) is 15.0. The maximum atomic E-state index is 12.9. The highest BCUT2D eigenvalue weighted by molar-refractivity contribution is 8.27. The number of rotatable bonds is 5. The molecule has 4 rings (SSSR count). The lowest BCUT2D eigenvalue weighted by Gasteiger charge is -2.14. The minimum Gasteiger partial charge on any atom is -0.379 e. The van der Waals surface area contributed by atoms with Crippen LogP contribution < -0.4 is 9.08 Å². The average molecular weight is 468 g/mol. The summed E-state index contributed by atoms with van der Waals surface area (Å²) in [5, 5.41) is 0. The molecule has 1 fully saturated rings. The Morgan fingerprint density at radius 1 is 0.935 bits per heavy atom. The van der Waals surface area contributed by atoms with E-state index >= 15 is 0 Å². The van der Waals surface area contributed by atoms with Crippen LogP contribution >= 0.6 is 24.0 Å². The molecule has 0 radical (unpaired) electrons. The van der Waals surface area contributed by atoms with Gasteiger partial charge in [0, 0.05) is 0 Å². The van der Waals surface area contributed by atoms with E-state index in [1.165, 1.54) is 28.8 Å². The fourth-order valence-electron chi connectivity index (χ4n) is 2.92. The van der Waals surface area contributed by atoms with E-state index in [9.17, 15) is 13.2 Å². The number of benzene rings is 3. The maximum absolute atomic E-state index is 12.9. The molecule has 31 heavy (non-hydrogen) atoms. The molecule has 156 valence electrons. The lowest BCUT2D eigenvalue weighted by atomic mass is 10.2. The Hall–Kier alpha value is -2.94. The van der Waals surface area contributed by atoms with Gasteiger partial charge >= 0.3 is 10.1 Å². The molecule has 1 aliphatic heterocycles. The van der Waals surface area contributed by atoms with E-state index in [2.05, 4.69) is 0 Å². The predicted octanol–water partition coefficient (Wildman–Crippen LogP) is 5.17. The molecule has 0 atom stereocenters. The van der Waals surface area contributed by atoms with Crippen LogP contribution in [-0.4, -0.2) is 18.6 Å². The molecule has 3 aromatic carbocycles. The number of carbonyl (C=O) groups is 1. The van der Waals surface area contributed by atoms with Crippen molar-refractivity contribution in [2.24, 2.45) is 0 Å². The second kappa shape index (κ2) is 8.66. The number of aryl methyl sites for hydroxylation is 1. The fourth-order valence-corrected chi connectivity index (χ4v) is 5.17. The molecule has 1 heterocycles. The van der Waals surface area contributed by atoms with Crippen molar-refractivity contribution in [3.05, 3.63) is 94.9 Å². The van der Waals surface area contributed by atoms with Gasteiger partial charge in [0.1, 0.15) is 10.6 Å². The van der Waals surface area contributed by atoms with Crippen molar-refractivity contribution in [1.29, 1.82) is 0 Å². The van der Waals surface area contributed by atoms with Crippen molar-refractivity contribution in [3.63, 3.8) is 0 Å². The van der Waals surface area contributed by atoms with Crippen LogP contribution in [0, 0.1) is 6.92 Å². The van der Waals surface area contributed by atoms with E-state index in [0.29, 0.717) is 9.23 Å². The Bertz CT molecular complexity index is 1270. The number of amides is 1. The van der Waals surface area contributed by atoms with E-state index in [1.54, 1.807) is 48.5 Å². The summed E-state index contributed by atoms with van der Waals surface area (Å²) in [7, 11) is -3.90. The molecule has 0 unspecified atom stereocenters. The van der Waals surface area contributed by atoms with E-state index in [0.717, 1.165) is 16.8 Å². The minimum atomic E-state index is -3.90. The second-order valence-electron chi connectivity index (χ2n) is 6.77. The Balaban J connectivity index is 1.51. The van der Waals surface area contributed by atoms with Crippen molar-refractivity contribution in [3.8, 4) is 5.75 Å². The van der Waals surface area contributed by atoms with Crippen molar-refractivity contribution in [1.82, 2.24) is 0 Å². The number of carbonyl (C=O) groups excluding carboxylic acids is 1. The van der Waals surface area contributed by atoms with Crippen LogP contribution in [0.25, 0.3) is 6.08 Å². The monoisotopic (exact) mass is 467 g/mol. The molecule has 8 heteroatoms. The topological polar surface area (TPSA) is 63.7 Å². The third-order valence-corrected chi connectivity index (χ3v) is 7.07. The van der Waals surface area contributed by atoms with Crippen LogP contribution in [0.4, 0.5) is 5.69 Å². The Morgan fingerprint density at radius 3 is 2.23 bits per heavy atom. The number of thioether (sulfide) groups is 1. The lowest BCUT2D eigenvalue weighted by Crippen LogP contribution is -2.27. The van der Waals surface area contributed by atoms with Crippen molar-refractivity contribution in [2.45, 2.75) is 11.8 Å². The largest absolute Gasteiger partial charge is 0.379 e. The molecule has 0 saturated carbocycles. The first-order valence-corrected chi connectivity index (χ1v) is 11.9. The first-order valence-electron chi connectivity index (χ1n) is 9.28. The van der Waals surface area contributed by atoms with Crippen LogP contribution in [0.3, 0.4) is 0 Å². The maximum Gasteiger partial charge on any atom is 0.339 e. The van der Waals surface area contributed by atoms with Gasteiger partial charge in [0.05, 0.1) is 10.6 Å². The zero-order valence-electron chi connectivity index (χ0n) is 16.4. The zero-order chi connectivity index (χ0) is 22.0. The van der Waals surface area contributed by atoms with Crippen LogP contribution in [0.5, 0.6) is 5.75 Å². The molecular formula is C23H17NO4S3. The summed E-state index contributed by atoms with van der Waals surface area (Å²) in [6.07, 6.45) is 1.73. The van der Waals surface area contributed by atoms with Gasteiger partial charge in [-0.15, -0.1) is 0 Å². The summed E-state index contributed by atoms with van der Waals surface area (Å²) in [5.74, 6) is -0.000887. The summed E-state index contributed by atoms with van der Waals surface area (Å²) in [5.41, 5.74) is 2.56. The van der Waals surface area contributed by atoms with E-state index in [-0.39, 0.29) is 16.6 Å². The second-order valence-corrected chi connectivity index (χ2v) is 9.99. The van der Waals surface area contributed by atoms with Gasteiger partial charge in [0.25, 0.3) is 5.91 Å². The van der Waals surface area contributed by atoms with Crippen molar-refractivity contribution < 1.29 is 17.4 Å². The summed E-state index contributed by atoms with van der Waals surface area (Å²) in [6, 6.07) is 22.0.